The number of nitrogens with zero attached hydrogens (tertiary/aromatic N) is 1. The molecule has 1 aromatic rings. The molecule has 0 fully saturated rings. The highest BCUT2D eigenvalue weighted by atomic mass is 19.1. The van der Waals surface area contributed by atoms with Crippen LogP contribution in [-0.2, 0) is 0 Å². The summed E-state index contributed by atoms with van der Waals surface area (Å²) in [5, 5.41) is 0. The number of carbonyl (C=O) groups is 1. The average molecular weight is 237 g/mol. The summed E-state index contributed by atoms with van der Waals surface area (Å²) in [6.45, 7) is 7.62. The van der Waals surface area contributed by atoms with Gasteiger partial charge in [0.25, 0.3) is 5.91 Å². The highest BCUT2D eigenvalue weighted by molar-refractivity contribution is 5.95. The summed E-state index contributed by atoms with van der Waals surface area (Å²) in [6.07, 6.45) is 0.822. The second-order valence-electron chi connectivity index (χ2n) is 4.97. The predicted octanol–water partition coefficient (Wildman–Crippen LogP) is 3.39. The summed E-state index contributed by atoms with van der Waals surface area (Å²) in [5.41, 5.74) is 0.375. The van der Waals surface area contributed by atoms with Gasteiger partial charge in [-0.15, -0.1) is 0 Å². The van der Waals surface area contributed by atoms with Gasteiger partial charge in [0.2, 0.25) is 0 Å². The first kappa shape index (κ1) is 13.7. The van der Waals surface area contributed by atoms with Gasteiger partial charge < -0.3 is 4.90 Å². The van der Waals surface area contributed by atoms with Crippen molar-refractivity contribution in [3.63, 3.8) is 0 Å². The molecule has 1 rings (SSSR count). The zero-order valence-corrected chi connectivity index (χ0v) is 11.2. The number of halogens is 1. The molecule has 0 aliphatic carbocycles. The molecule has 0 saturated heterocycles. The zero-order chi connectivity index (χ0) is 13.2. The van der Waals surface area contributed by atoms with Crippen LogP contribution in [0.3, 0.4) is 0 Å². The van der Waals surface area contributed by atoms with Gasteiger partial charge in [0.15, 0.2) is 0 Å². The lowest BCUT2D eigenvalue weighted by atomic mass is 9.98. The van der Waals surface area contributed by atoms with E-state index in [1.807, 2.05) is 20.8 Å². The van der Waals surface area contributed by atoms with Crippen LogP contribution in [0.25, 0.3) is 0 Å². The summed E-state index contributed by atoms with van der Waals surface area (Å²) >= 11 is 0. The molecule has 0 aliphatic rings. The summed E-state index contributed by atoms with van der Waals surface area (Å²) in [7, 11) is 1.72. The Hall–Kier alpha value is -1.38. The monoisotopic (exact) mass is 237 g/mol. The molecular formula is C14H20FNO. The third kappa shape index (κ3) is 2.65. The second-order valence-corrected chi connectivity index (χ2v) is 4.97. The van der Waals surface area contributed by atoms with Crippen molar-refractivity contribution in [1.29, 1.82) is 0 Å². The molecule has 17 heavy (non-hydrogen) atoms. The fraction of sp³-hybridized carbons (Fsp3) is 0.500. The van der Waals surface area contributed by atoms with Gasteiger partial charge in [0.05, 0.1) is 5.56 Å². The topological polar surface area (TPSA) is 20.3 Å². The summed E-state index contributed by atoms with van der Waals surface area (Å²) in [6, 6.07) is 4.91. The fourth-order valence-electron chi connectivity index (χ4n) is 1.51. The largest absolute Gasteiger partial charge is 0.337 e. The van der Waals surface area contributed by atoms with Crippen molar-refractivity contribution >= 4 is 5.91 Å². The Bertz CT molecular complexity index is 426. The molecule has 94 valence electrons. The highest BCUT2D eigenvalue weighted by Gasteiger charge is 2.28. The van der Waals surface area contributed by atoms with Crippen LogP contribution < -0.4 is 0 Å². The van der Waals surface area contributed by atoms with Crippen molar-refractivity contribution in [3.8, 4) is 0 Å². The lowest BCUT2D eigenvalue weighted by Crippen LogP contribution is -2.44. The molecule has 0 N–H and O–H groups in total. The van der Waals surface area contributed by atoms with Crippen molar-refractivity contribution in [1.82, 2.24) is 4.90 Å². The van der Waals surface area contributed by atoms with Crippen molar-refractivity contribution in [2.45, 2.75) is 39.7 Å². The molecule has 0 bridgehead atoms. The molecule has 1 aromatic carbocycles. The van der Waals surface area contributed by atoms with Gasteiger partial charge in [-0.25, -0.2) is 4.39 Å². The Balaban J connectivity index is 3.09. The van der Waals surface area contributed by atoms with E-state index >= 15 is 0 Å². The minimum absolute atomic E-state index is 0.147. The average Bonchev–Trinajstić information content (AvgIpc) is 2.30. The minimum atomic E-state index is -0.420. The molecule has 0 atom stereocenters. The Morgan fingerprint density at radius 3 is 2.53 bits per heavy atom. The number of benzene rings is 1. The van der Waals surface area contributed by atoms with Crippen LogP contribution in [-0.4, -0.2) is 23.4 Å². The van der Waals surface area contributed by atoms with Crippen molar-refractivity contribution in [2.24, 2.45) is 0 Å². The van der Waals surface area contributed by atoms with E-state index in [2.05, 4.69) is 0 Å². The van der Waals surface area contributed by atoms with E-state index < -0.39 is 5.82 Å². The van der Waals surface area contributed by atoms with Crippen LogP contribution in [0, 0.1) is 12.7 Å². The number of hydrogen-bond acceptors (Lipinski definition) is 1. The van der Waals surface area contributed by atoms with Crippen molar-refractivity contribution in [2.75, 3.05) is 7.05 Å². The first-order chi connectivity index (χ1) is 7.81. The number of rotatable bonds is 3. The van der Waals surface area contributed by atoms with Gasteiger partial charge >= 0.3 is 0 Å². The first-order valence-corrected chi connectivity index (χ1v) is 5.84. The summed E-state index contributed by atoms with van der Waals surface area (Å²) in [5.74, 6) is -0.686. The van der Waals surface area contributed by atoms with Crippen molar-refractivity contribution < 1.29 is 9.18 Å². The quantitative estimate of drug-likeness (QED) is 0.789. The molecule has 1 amide bonds. The van der Waals surface area contributed by atoms with Crippen LogP contribution in [0.15, 0.2) is 18.2 Å². The molecule has 2 nitrogen and oxygen atoms in total. The molecule has 0 spiro atoms. The smallest absolute Gasteiger partial charge is 0.257 e. The number of hydrogen-bond donors (Lipinski definition) is 0. The van der Waals surface area contributed by atoms with Gasteiger partial charge in [-0.2, -0.15) is 0 Å². The number of amides is 1. The molecule has 0 heterocycles. The van der Waals surface area contributed by atoms with Crippen LogP contribution in [0.1, 0.15) is 43.1 Å². The normalized spacial score (nSPS) is 11.4. The van der Waals surface area contributed by atoms with E-state index in [1.165, 1.54) is 6.07 Å². The van der Waals surface area contributed by atoms with Crippen molar-refractivity contribution in [3.05, 3.63) is 35.1 Å². The maximum atomic E-state index is 13.9. The molecule has 3 heteroatoms. The lowest BCUT2D eigenvalue weighted by Gasteiger charge is -2.35. The third-order valence-electron chi connectivity index (χ3n) is 3.50. The van der Waals surface area contributed by atoms with Crippen LogP contribution in [0.5, 0.6) is 0 Å². The maximum Gasteiger partial charge on any atom is 0.257 e. The summed E-state index contributed by atoms with van der Waals surface area (Å²) in [4.78, 5) is 13.8. The van der Waals surface area contributed by atoms with Gasteiger partial charge in [-0.05, 0) is 38.8 Å². The third-order valence-corrected chi connectivity index (χ3v) is 3.50. The molecule has 0 aliphatic heterocycles. The van der Waals surface area contributed by atoms with E-state index in [0.717, 1.165) is 6.42 Å². The molecule has 0 unspecified atom stereocenters. The van der Waals surface area contributed by atoms with Crippen LogP contribution in [0.2, 0.25) is 0 Å². The Kier molecular flexibility index (Phi) is 3.91. The van der Waals surface area contributed by atoms with E-state index in [4.69, 9.17) is 0 Å². The Morgan fingerprint density at radius 2 is 2.00 bits per heavy atom. The maximum absolute atomic E-state index is 13.9. The molecule has 0 aromatic heterocycles. The summed E-state index contributed by atoms with van der Waals surface area (Å²) < 4.78 is 13.9. The standard InChI is InChI=1S/C14H20FNO/c1-6-14(3,4)16(5)13(17)11-9-7-8-10(2)12(11)15/h7-9H,6H2,1-5H3. The number of aryl methyl sites for hydroxylation is 1. The minimum Gasteiger partial charge on any atom is -0.337 e. The van der Waals surface area contributed by atoms with Gasteiger partial charge in [-0.1, -0.05) is 19.1 Å². The molecule has 0 saturated carbocycles. The first-order valence-electron chi connectivity index (χ1n) is 5.84. The van der Waals surface area contributed by atoms with E-state index in [-0.39, 0.29) is 17.0 Å². The Morgan fingerprint density at radius 1 is 1.41 bits per heavy atom. The van der Waals surface area contributed by atoms with Gasteiger partial charge in [0, 0.05) is 12.6 Å². The van der Waals surface area contributed by atoms with E-state index in [0.29, 0.717) is 5.56 Å². The van der Waals surface area contributed by atoms with E-state index in [1.54, 1.807) is 31.0 Å². The molecular weight excluding hydrogens is 217 g/mol. The van der Waals surface area contributed by atoms with Crippen LogP contribution in [0.4, 0.5) is 4.39 Å². The number of carbonyl (C=O) groups excluding carboxylic acids is 1. The fourth-order valence-corrected chi connectivity index (χ4v) is 1.51. The lowest BCUT2D eigenvalue weighted by molar-refractivity contribution is 0.0615. The van der Waals surface area contributed by atoms with Crippen LogP contribution >= 0.6 is 0 Å². The SMILES string of the molecule is CCC(C)(C)N(C)C(=O)c1cccc(C)c1F. The van der Waals surface area contributed by atoms with E-state index in [9.17, 15) is 9.18 Å². The zero-order valence-electron chi connectivity index (χ0n) is 11.2. The van der Waals surface area contributed by atoms with Gasteiger partial charge in [-0.3, -0.25) is 4.79 Å². The highest BCUT2D eigenvalue weighted by Crippen LogP contribution is 2.21. The Labute approximate surface area is 102 Å². The van der Waals surface area contributed by atoms with Gasteiger partial charge in [0.1, 0.15) is 5.82 Å². The molecule has 0 radical (unpaired) electrons. The predicted molar refractivity (Wildman–Crippen MR) is 67.6 cm³/mol. The second kappa shape index (κ2) is 4.86.